The molecule has 5 heteroatoms. The van der Waals surface area contributed by atoms with Crippen molar-refractivity contribution < 1.29 is 19.4 Å². The first-order valence-electron chi connectivity index (χ1n) is 6.67. The van der Waals surface area contributed by atoms with Gasteiger partial charge in [-0.3, -0.25) is 4.79 Å². The Morgan fingerprint density at radius 2 is 1.95 bits per heavy atom. The van der Waals surface area contributed by atoms with E-state index in [0.29, 0.717) is 13.0 Å². The zero-order chi connectivity index (χ0) is 14.9. The summed E-state index contributed by atoms with van der Waals surface area (Å²) < 4.78 is 10.8. The summed E-state index contributed by atoms with van der Waals surface area (Å²) in [6.45, 7) is 4.45. The zero-order valence-electron chi connectivity index (χ0n) is 12.3. The average molecular weight is 279 g/mol. The van der Waals surface area contributed by atoms with E-state index in [9.17, 15) is 4.79 Å². The van der Waals surface area contributed by atoms with E-state index >= 15 is 0 Å². The van der Waals surface area contributed by atoms with Crippen LogP contribution in [0.25, 0.3) is 0 Å². The van der Waals surface area contributed by atoms with E-state index in [1.54, 1.807) is 14.2 Å². The number of nitrogens with one attached hydrogen (secondary N) is 1. The number of ether oxygens (including phenoxy) is 2. The van der Waals surface area contributed by atoms with Crippen LogP contribution in [0.1, 0.15) is 29.2 Å². The number of carboxylic acid groups (broad SMARTS) is 1. The van der Waals surface area contributed by atoms with E-state index in [0.717, 1.165) is 28.2 Å². The third-order valence-corrected chi connectivity index (χ3v) is 3.97. The SMILES string of the molecule is COc1c(C)cc(C2CC(C(=O)O)CN2)c(C)c1OC. The largest absolute Gasteiger partial charge is 0.493 e. The van der Waals surface area contributed by atoms with Gasteiger partial charge in [-0.15, -0.1) is 0 Å². The van der Waals surface area contributed by atoms with Gasteiger partial charge in [0.25, 0.3) is 0 Å². The van der Waals surface area contributed by atoms with Crippen molar-refractivity contribution in [1.29, 1.82) is 0 Å². The first-order valence-corrected chi connectivity index (χ1v) is 6.67. The Kier molecular flexibility index (Phi) is 4.18. The number of hydrogen-bond donors (Lipinski definition) is 2. The van der Waals surface area contributed by atoms with Crippen LogP contribution in [0, 0.1) is 19.8 Å². The molecule has 0 aliphatic carbocycles. The molecule has 2 rings (SSSR count). The van der Waals surface area contributed by atoms with Crippen LogP contribution in [0.2, 0.25) is 0 Å². The van der Waals surface area contributed by atoms with Gasteiger partial charge in [0.1, 0.15) is 0 Å². The molecule has 1 saturated heterocycles. The second kappa shape index (κ2) is 5.71. The maximum absolute atomic E-state index is 11.1. The molecule has 20 heavy (non-hydrogen) atoms. The van der Waals surface area contributed by atoms with Crippen molar-refractivity contribution in [2.24, 2.45) is 5.92 Å². The number of hydrogen-bond acceptors (Lipinski definition) is 4. The first kappa shape index (κ1) is 14.7. The van der Waals surface area contributed by atoms with Gasteiger partial charge in [-0.25, -0.2) is 0 Å². The second-order valence-electron chi connectivity index (χ2n) is 5.21. The molecule has 0 saturated carbocycles. The highest BCUT2D eigenvalue weighted by Gasteiger charge is 2.32. The van der Waals surface area contributed by atoms with Crippen LogP contribution in [-0.2, 0) is 4.79 Å². The molecule has 0 radical (unpaired) electrons. The van der Waals surface area contributed by atoms with Crippen molar-refractivity contribution in [3.63, 3.8) is 0 Å². The van der Waals surface area contributed by atoms with Crippen LogP contribution in [0.5, 0.6) is 11.5 Å². The van der Waals surface area contributed by atoms with Crippen LogP contribution >= 0.6 is 0 Å². The van der Waals surface area contributed by atoms with Gasteiger partial charge in [0.05, 0.1) is 20.1 Å². The maximum Gasteiger partial charge on any atom is 0.307 e. The number of carboxylic acids is 1. The predicted molar refractivity (Wildman–Crippen MR) is 75.5 cm³/mol. The highest BCUT2D eigenvalue weighted by Crippen LogP contribution is 2.40. The minimum atomic E-state index is -0.741. The van der Waals surface area contributed by atoms with Crippen LogP contribution < -0.4 is 14.8 Å². The third-order valence-electron chi connectivity index (χ3n) is 3.97. The quantitative estimate of drug-likeness (QED) is 0.883. The van der Waals surface area contributed by atoms with Crippen LogP contribution in [0.15, 0.2) is 6.07 Å². The molecule has 2 atom stereocenters. The van der Waals surface area contributed by atoms with E-state index in [4.69, 9.17) is 14.6 Å². The van der Waals surface area contributed by atoms with E-state index in [2.05, 4.69) is 11.4 Å². The summed E-state index contributed by atoms with van der Waals surface area (Å²) >= 11 is 0. The van der Waals surface area contributed by atoms with Gasteiger partial charge in [0, 0.05) is 12.6 Å². The summed E-state index contributed by atoms with van der Waals surface area (Å²) in [7, 11) is 3.24. The van der Waals surface area contributed by atoms with E-state index in [-0.39, 0.29) is 12.0 Å². The van der Waals surface area contributed by atoms with Crippen molar-refractivity contribution in [2.75, 3.05) is 20.8 Å². The molecule has 1 aromatic rings. The lowest BCUT2D eigenvalue weighted by atomic mass is 9.94. The van der Waals surface area contributed by atoms with Crippen LogP contribution in [0.3, 0.4) is 0 Å². The van der Waals surface area contributed by atoms with E-state index < -0.39 is 5.97 Å². The maximum atomic E-state index is 11.1. The Morgan fingerprint density at radius 3 is 2.45 bits per heavy atom. The van der Waals surface area contributed by atoms with Gasteiger partial charge in [-0.05, 0) is 37.0 Å². The molecule has 0 bridgehead atoms. The number of carbonyl (C=O) groups is 1. The lowest BCUT2D eigenvalue weighted by Crippen LogP contribution is -2.17. The molecule has 0 spiro atoms. The predicted octanol–water partition coefficient (Wildman–Crippen LogP) is 2.06. The second-order valence-corrected chi connectivity index (χ2v) is 5.21. The highest BCUT2D eigenvalue weighted by atomic mass is 16.5. The van der Waals surface area contributed by atoms with Crippen molar-refractivity contribution in [1.82, 2.24) is 5.32 Å². The zero-order valence-corrected chi connectivity index (χ0v) is 12.3. The van der Waals surface area contributed by atoms with Gasteiger partial charge < -0.3 is 19.9 Å². The third kappa shape index (κ3) is 2.45. The summed E-state index contributed by atoms with van der Waals surface area (Å²) in [5, 5.41) is 12.4. The summed E-state index contributed by atoms with van der Waals surface area (Å²) in [4.78, 5) is 11.1. The molecule has 0 amide bonds. The summed E-state index contributed by atoms with van der Waals surface area (Å²) in [5.74, 6) is 0.396. The smallest absolute Gasteiger partial charge is 0.307 e. The van der Waals surface area contributed by atoms with Crippen LogP contribution in [-0.4, -0.2) is 31.8 Å². The fourth-order valence-corrected chi connectivity index (χ4v) is 2.91. The molecule has 1 fully saturated rings. The molecule has 1 aliphatic heterocycles. The summed E-state index contributed by atoms with van der Waals surface area (Å²) in [5.41, 5.74) is 3.08. The lowest BCUT2D eigenvalue weighted by molar-refractivity contribution is -0.141. The van der Waals surface area contributed by atoms with Gasteiger partial charge >= 0.3 is 5.97 Å². The fourth-order valence-electron chi connectivity index (χ4n) is 2.91. The number of rotatable bonds is 4. The van der Waals surface area contributed by atoms with E-state index in [1.807, 2.05) is 13.8 Å². The molecule has 2 unspecified atom stereocenters. The standard InChI is InChI=1S/C15H21NO4/c1-8-5-11(9(2)14(20-4)13(8)19-3)12-6-10(7-16-12)15(17)18/h5,10,12,16H,6-7H2,1-4H3,(H,17,18). The summed E-state index contributed by atoms with van der Waals surface area (Å²) in [6.07, 6.45) is 0.602. The average Bonchev–Trinajstić information content (AvgIpc) is 2.90. The molecule has 1 heterocycles. The molecule has 1 aliphatic rings. The Morgan fingerprint density at radius 1 is 1.30 bits per heavy atom. The van der Waals surface area contributed by atoms with Gasteiger partial charge in [0.2, 0.25) is 0 Å². The van der Waals surface area contributed by atoms with Gasteiger partial charge in [-0.1, -0.05) is 6.07 Å². The highest BCUT2D eigenvalue weighted by molar-refractivity contribution is 5.71. The Hall–Kier alpha value is -1.75. The van der Waals surface area contributed by atoms with Crippen molar-refractivity contribution in [3.05, 3.63) is 22.8 Å². The molecule has 5 nitrogen and oxygen atoms in total. The molecule has 110 valence electrons. The minimum Gasteiger partial charge on any atom is -0.493 e. The van der Waals surface area contributed by atoms with Gasteiger partial charge in [-0.2, -0.15) is 0 Å². The number of methoxy groups -OCH3 is 2. The first-order chi connectivity index (χ1) is 9.49. The lowest BCUT2D eigenvalue weighted by Gasteiger charge is -2.20. The number of aliphatic carboxylic acids is 1. The monoisotopic (exact) mass is 279 g/mol. The number of aryl methyl sites for hydroxylation is 1. The molecule has 0 aromatic heterocycles. The van der Waals surface area contributed by atoms with E-state index in [1.165, 1.54) is 0 Å². The Labute approximate surface area is 118 Å². The molecular formula is C15H21NO4. The van der Waals surface area contributed by atoms with Crippen LogP contribution in [0.4, 0.5) is 0 Å². The van der Waals surface area contributed by atoms with Crippen molar-refractivity contribution in [2.45, 2.75) is 26.3 Å². The normalized spacial score (nSPS) is 21.8. The molecule has 2 N–H and O–H groups in total. The van der Waals surface area contributed by atoms with Gasteiger partial charge in [0.15, 0.2) is 11.5 Å². The summed E-state index contributed by atoms with van der Waals surface area (Å²) in [6, 6.07) is 2.10. The van der Waals surface area contributed by atoms with Crippen molar-refractivity contribution >= 4 is 5.97 Å². The Balaban J connectivity index is 2.38. The Bertz CT molecular complexity index is 527. The number of benzene rings is 1. The fraction of sp³-hybridized carbons (Fsp3) is 0.533. The topological polar surface area (TPSA) is 67.8 Å². The van der Waals surface area contributed by atoms with Crippen molar-refractivity contribution in [3.8, 4) is 11.5 Å². The molecular weight excluding hydrogens is 258 g/mol. The minimum absolute atomic E-state index is 0.0506. The molecule has 1 aromatic carbocycles.